The molecule has 1 heterocycles. The van der Waals surface area contributed by atoms with Crippen LogP contribution in [0.3, 0.4) is 0 Å². The molecule has 1 aromatic heterocycles. The van der Waals surface area contributed by atoms with E-state index in [1.54, 1.807) is 31.2 Å². The number of esters is 1. The highest BCUT2D eigenvalue weighted by atomic mass is 127. The summed E-state index contributed by atoms with van der Waals surface area (Å²) in [6.45, 7) is 1.74. The summed E-state index contributed by atoms with van der Waals surface area (Å²) >= 11 is 1.98. The SMILES string of the molecule is COC(=O)c1c(Oc2ccc(C#N)cc2)nnc(I)c1C. The molecule has 0 fully saturated rings. The van der Waals surface area contributed by atoms with Crippen molar-refractivity contribution in [2.75, 3.05) is 7.11 Å². The van der Waals surface area contributed by atoms with Crippen LogP contribution in [0.25, 0.3) is 0 Å². The van der Waals surface area contributed by atoms with Gasteiger partial charge in [-0.05, 0) is 53.8 Å². The molecule has 0 spiro atoms. The Labute approximate surface area is 134 Å². The molecule has 0 radical (unpaired) electrons. The molecule has 0 aliphatic carbocycles. The van der Waals surface area contributed by atoms with Crippen LogP contribution in [0.4, 0.5) is 0 Å². The van der Waals surface area contributed by atoms with Crippen LogP contribution in [0.5, 0.6) is 11.6 Å². The molecular formula is C14H10IN3O3. The van der Waals surface area contributed by atoms with Gasteiger partial charge in [-0.1, -0.05) is 0 Å². The maximum Gasteiger partial charge on any atom is 0.343 e. The first-order valence-corrected chi connectivity index (χ1v) is 6.93. The number of rotatable bonds is 3. The number of hydrogen-bond acceptors (Lipinski definition) is 6. The fourth-order valence-corrected chi connectivity index (χ4v) is 1.98. The van der Waals surface area contributed by atoms with Crippen molar-refractivity contribution in [3.63, 3.8) is 0 Å². The van der Waals surface area contributed by atoms with Crippen LogP contribution in [-0.2, 0) is 4.74 Å². The van der Waals surface area contributed by atoms with Gasteiger partial charge in [-0.15, -0.1) is 10.2 Å². The van der Waals surface area contributed by atoms with Gasteiger partial charge in [-0.2, -0.15) is 5.26 Å². The third-order valence-electron chi connectivity index (χ3n) is 2.71. The van der Waals surface area contributed by atoms with Crippen LogP contribution < -0.4 is 4.74 Å². The summed E-state index contributed by atoms with van der Waals surface area (Å²) in [6, 6.07) is 8.48. The largest absolute Gasteiger partial charge is 0.465 e. The molecule has 2 aromatic rings. The van der Waals surface area contributed by atoms with Crippen molar-refractivity contribution in [3.8, 4) is 17.7 Å². The molecule has 7 heteroatoms. The van der Waals surface area contributed by atoms with E-state index in [0.29, 0.717) is 20.6 Å². The van der Waals surface area contributed by atoms with E-state index in [0.717, 1.165) is 0 Å². The molecule has 0 aliphatic heterocycles. The van der Waals surface area contributed by atoms with Crippen LogP contribution in [0, 0.1) is 22.0 Å². The number of benzene rings is 1. The topological polar surface area (TPSA) is 85.1 Å². The van der Waals surface area contributed by atoms with Gasteiger partial charge in [-0.25, -0.2) is 4.79 Å². The summed E-state index contributed by atoms with van der Waals surface area (Å²) in [5.41, 5.74) is 1.39. The number of carbonyl (C=O) groups excluding carboxylic acids is 1. The van der Waals surface area contributed by atoms with Crippen LogP contribution in [-0.4, -0.2) is 23.3 Å². The van der Waals surface area contributed by atoms with Crippen molar-refractivity contribution in [3.05, 3.63) is 44.7 Å². The monoisotopic (exact) mass is 395 g/mol. The van der Waals surface area contributed by atoms with Crippen molar-refractivity contribution in [2.24, 2.45) is 0 Å². The molecule has 0 saturated heterocycles. The van der Waals surface area contributed by atoms with E-state index in [2.05, 4.69) is 10.2 Å². The summed E-state index contributed by atoms with van der Waals surface area (Å²) in [7, 11) is 1.29. The normalized spacial score (nSPS) is 9.81. The Balaban J connectivity index is 2.41. The van der Waals surface area contributed by atoms with Gasteiger partial charge in [-0.3, -0.25) is 0 Å². The lowest BCUT2D eigenvalue weighted by Gasteiger charge is -2.11. The van der Waals surface area contributed by atoms with Gasteiger partial charge in [0.2, 0.25) is 0 Å². The molecule has 21 heavy (non-hydrogen) atoms. The fraction of sp³-hybridized carbons (Fsp3) is 0.143. The molecule has 0 bridgehead atoms. The van der Waals surface area contributed by atoms with Gasteiger partial charge in [0.05, 0.1) is 18.7 Å². The van der Waals surface area contributed by atoms with E-state index < -0.39 is 5.97 Å². The minimum Gasteiger partial charge on any atom is -0.465 e. The molecule has 0 aliphatic rings. The lowest BCUT2D eigenvalue weighted by Crippen LogP contribution is -2.10. The first-order valence-electron chi connectivity index (χ1n) is 5.86. The number of hydrogen-bond donors (Lipinski definition) is 0. The molecule has 6 nitrogen and oxygen atoms in total. The second kappa shape index (κ2) is 6.49. The maximum absolute atomic E-state index is 11.9. The molecule has 0 N–H and O–H groups in total. The molecule has 106 valence electrons. The predicted molar refractivity (Wildman–Crippen MR) is 82.1 cm³/mol. The highest BCUT2D eigenvalue weighted by molar-refractivity contribution is 14.1. The number of halogens is 1. The van der Waals surface area contributed by atoms with Crippen LogP contribution >= 0.6 is 22.6 Å². The highest BCUT2D eigenvalue weighted by Gasteiger charge is 2.21. The van der Waals surface area contributed by atoms with Gasteiger partial charge in [0.15, 0.2) is 0 Å². The quantitative estimate of drug-likeness (QED) is 0.587. The Bertz CT molecular complexity index is 723. The molecule has 0 amide bonds. The Kier molecular flexibility index (Phi) is 4.70. The Hall–Kier alpha value is -2.21. The number of aromatic nitrogens is 2. The molecule has 0 atom stereocenters. The average Bonchev–Trinajstić information content (AvgIpc) is 2.51. The summed E-state index contributed by atoms with van der Waals surface area (Å²) in [4.78, 5) is 11.9. The van der Waals surface area contributed by atoms with Crippen molar-refractivity contribution in [1.29, 1.82) is 5.26 Å². The fourth-order valence-electron chi connectivity index (χ4n) is 1.60. The average molecular weight is 395 g/mol. The van der Waals surface area contributed by atoms with Gasteiger partial charge in [0.1, 0.15) is 15.0 Å². The van der Waals surface area contributed by atoms with Crippen molar-refractivity contribution >= 4 is 28.6 Å². The van der Waals surface area contributed by atoms with Gasteiger partial charge >= 0.3 is 5.97 Å². The standard InChI is InChI=1S/C14H10IN3O3/c1-8-11(14(19)20-2)13(18-17-12(8)15)21-10-5-3-9(7-16)4-6-10/h3-6H,1-2H3. The van der Waals surface area contributed by atoms with E-state index in [1.165, 1.54) is 7.11 Å². The van der Waals surface area contributed by atoms with Gasteiger partial charge in [0.25, 0.3) is 5.88 Å². The number of ether oxygens (including phenoxy) is 2. The minimum atomic E-state index is -0.538. The molecule has 2 rings (SSSR count). The molecule has 0 unspecified atom stereocenters. The first kappa shape index (κ1) is 15.2. The minimum absolute atomic E-state index is 0.0736. The number of carbonyl (C=O) groups is 1. The smallest absolute Gasteiger partial charge is 0.343 e. The number of methoxy groups -OCH3 is 1. The lowest BCUT2D eigenvalue weighted by molar-refractivity contribution is 0.0595. The maximum atomic E-state index is 11.9. The van der Waals surface area contributed by atoms with Crippen LogP contribution in [0.1, 0.15) is 21.5 Å². The van der Waals surface area contributed by atoms with Crippen molar-refractivity contribution < 1.29 is 14.3 Å². The zero-order valence-corrected chi connectivity index (χ0v) is 13.4. The first-order chi connectivity index (χ1) is 10.1. The van der Waals surface area contributed by atoms with Crippen molar-refractivity contribution in [2.45, 2.75) is 6.92 Å². The third kappa shape index (κ3) is 3.28. The second-order valence-corrected chi connectivity index (χ2v) is 5.05. The Morgan fingerprint density at radius 2 is 1.95 bits per heavy atom. The highest BCUT2D eigenvalue weighted by Crippen LogP contribution is 2.27. The van der Waals surface area contributed by atoms with Crippen LogP contribution in [0.15, 0.2) is 24.3 Å². The number of nitriles is 1. The van der Waals surface area contributed by atoms with E-state index >= 15 is 0 Å². The number of nitrogens with zero attached hydrogens (tertiary/aromatic N) is 3. The van der Waals surface area contributed by atoms with E-state index in [4.69, 9.17) is 14.7 Å². The zero-order valence-electron chi connectivity index (χ0n) is 11.3. The second-order valence-electron chi connectivity index (χ2n) is 4.03. The molecule has 0 saturated carbocycles. The summed E-state index contributed by atoms with van der Waals surface area (Å²) in [5.74, 6) is -0.0116. The Morgan fingerprint density at radius 1 is 1.29 bits per heavy atom. The van der Waals surface area contributed by atoms with Gasteiger partial charge < -0.3 is 9.47 Å². The van der Waals surface area contributed by atoms with E-state index in [9.17, 15) is 4.79 Å². The van der Waals surface area contributed by atoms with Crippen molar-refractivity contribution in [1.82, 2.24) is 10.2 Å². The summed E-state index contributed by atoms with van der Waals surface area (Å²) < 4.78 is 10.9. The summed E-state index contributed by atoms with van der Waals surface area (Å²) in [5, 5.41) is 16.6. The third-order valence-corrected chi connectivity index (χ3v) is 3.74. The molecular weight excluding hydrogens is 385 g/mol. The zero-order chi connectivity index (χ0) is 15.4. The summed E-state index contributed by atoms with van der Waals surface area (Å²) in [6.07, 6.45) is 0. The van der Waals surface area contributed by atoms with E-state index in [1.807, 2.05) is 28.7 Å². The van der Waals surface area contributed by atoms with Crippen LogP contribution in [0.2, 0.25) is 0 Å². The predicted octanol–water partition coefficient (Wildman–Crippen LogP) is 2.84. The lowest BCUT2D eigenvalue weighted by atomic mass is 10.2. The Morgan fingerprint density at radius 3 is 2.52 bits per heavy atom. The molecule has 1 aromatic carbocycles. The van der Waals surface area contributed by atoms with E-state index in [-0.39, 0.29) is 11.4 Å². The van der Waals surface area contributed by atoms with Gasteiger partial charge in [0, 0.05) is 5.56 Å².